The first-order chi connectivity index (χ1) is 16.0. The van der Waals surface area contributed by atoms with Gasteiger partial charge < -0.3 is 4.74 Å². The van der Waals surface area contributed by atoms with Crippen molar-refractivity contribution in [1.29, 1.82) is 0 Å². The fourth-order valence-electron chi connectivity index (χ4n) is 3.81. The van der Waals surface area contributed by atoms with E-state index in [0.717, 1.165) is 33.0 Å². The van der Waals surface area contributed by atoms with Crippen molar-refractivity contribution in [3.8, 4) is 10.6 Å². The van der Waals surface area contributed by atoms with E-state index in [4.69, 9.17) is 4.74 Å². The standard InChI is InChI=1S/C24H20N2O4S3/c27-24(30-15-20-16-32-23(25-20)17-7-2-1-3-8-17)21-13-18-9-4-5-10-19(18)14-26(21)33(28,29)22-11-6-12-31-22/h1-12,16,21H,13-15H2. The molecule has 0 spiro atoms. The zero-order valence-corrected chi connectivity index (χ0v) is 19.9. The second kappa shape index (κ2) is 9.18. The molecule has 1 aliphatic rings. The number of rotatable bonds is 6. The van der Waals surface area contributed by atoms with Gasteiger partial charge in [0.2, 0.25) is 0 Å². The number of nitrogens with zero attached hydrogens (tertiary/aromatic N) is 2. The molecule has 2 aromatic carbocycles. The molecule has 5 rings (SSSR count). The monoisotopic (exact) mass is 496 g/mol. The fraction of sp³-hybridized carbons (Fsp3) is 0.167. The average Bonchev–Trinajstić information content (AvgIpc) is 3.55. The summed E-state index contributed by atoms with van der Waals surface area (Å²) in [5, 5.41) is 4.41. The molecule has 0 N–H and O–H groups in total. The summed E-state index contributed by atoms with van der Waals surface area (Å²) in [6.07, 6.45) is 0.270. The van der Waals surface area contributed by atoms with E-state index in [0.29, 0.717) is 5.69 Å². The smallest absolute Gasteiger partial charge is 0.325 e. The first-order valence-electron chi connectivity index (χ1n) is 10.3. The van der Waals surface area contributed by atoms with Crippen molar-refractivity contribution in [3.63, 3.8) is 0 Å². The van der Waals surface area contributed by atoms with Gasteiger partial charge in [-0.3, -0.25) is 4.79 Å². The van der Waals surface area contributed by atoms with Gasteiger partial charge in [0.15, 0.2) is 0 Å². The molecule has 33 heavy (non-hydrogen) atoms. The van der Waals surface area contributed by atoms with E-state index in [2.05, 4.69) is 4.98 Å². The van der Waals surface area contributed by atoms with E-state index in [-0.39, 0.29) is 23.8 Å². The summed E-state index contributed by atoms with van der Waals surface area (Å²) in [5.74, 6) is -0.570. The van der Waals surface area contributed by atoms with Gasteiger partial charge in [0.05, 0.1) is 5.69 Å². The Kier molecular flexibility index (Phi) is 6.11. The van der Waals surface area contributed by atoms with Crippen molar-refractivity contribution >= 4 is 38.7 Å². The molecule has 6 nitrogen and oxygen atoms in total. The lowest BCUT2D eigenvalue weighted by Gasteiger charge is -2.34. The highest BCUT2D eigenvalue weighted by atomic mass is 32.2. The Morgan fingerprint density at radius 3 is 2.52 bits per heavy atom. The maximum Gasteiger partial charge on any atom is 0.325 e. The highest BCUT2D eigenvalue weighted by Gasteiger charge is 2.41. The Morgan fingerprint density at radius 2 is 1.76 bits per heavy atom. The molecule has 1 atom stereocenters. The zero-order chi connectivity index (χ0) is 22.8. The van der Waals surface area contributed by atoms with Crippen molar-refractivity contribution in [2.45, 2.75) is 29.8 Å². The van der Waals surface area contributed by atoms with Crippen LogP contribution in [0.4, 0.5) is 0 Å². The number of carbonyl (C=O) groups excluding carboxylic acids is 1. The predicted molar refractivity (Wildman–Crippen MR) is 128 cm³/mol. The van der Waals surface area contributed by atoms with E-state index in [1.807, 2.05) is 60.0 Å². The molecule has 0 bridgehead atoms. The third kappa shape index (κ3) is 4.49. The van der Waals surface area contributed by atoms with Crippen LogP contribution in [0.3, 0.4) is 0 Å². The first kappa shape index (κ1) is 22.0. The van der Waals surface area contributed by atoms with Crippen LogP contribution < -0.4 is 0 Å². The van der Waals surface area contributed by atoms with E-state index in [9.17, 15) is 13.2 Å². The number of thiophene rings is 1. The van der Waals surface area contributed by atoms with Crippen LogP contribution in [0.5, 0.6) is 0 Å². The molecule has 0 aliphatic carbocycles. The van der Waals surface area contributed by atoms with Crippen molar-refractivity contribution in [2.24, 2.45) is 0 Å². The predicted octanol–water partition coefficient (Wildman–Crippen LogP) is 4.73. The Morgan fingerprint density at radius 1 is 1.00 bits per heavy atom. The number of sulfonamides is 1. The number of thiazole rings is 1. The highest BCUT2D eigenvalue weighted by molar-refractivity contribution is 7.91. The Balaban J connectivity index is 1.37. The van der Waals surface area contributed by atoms with E-state index in [1.165, 1.54) is 15.6 Å². The Labute approximate surface area is 200 Å². The molecular weight excluding hydrogens is 476 g/mol. The Hall–Kier alpha value is -2.85. The summed E-state index contributed by atoms with van der Waals surface area (Å²) >= 11 is 2.62. The van der Waals surface area contributed by atoms with Crippen LogP contribution in [-0.4, -0.2) is 29.7 Å². The zero-order valence-electron chi connectivity index (χ0n) is 17.5. The van der Waals surface area contributed by atoms with Crippen LogP contribution in [0.1, 0.15) is 16.8 Å². The van der Waals surface area contributed by atoms with Gasteiger partial charge in [-0.25, -0.2) is 13.4 Å². The lowest BCUT2D eigenvalue weighted by Crippen LogP contribution is -2.49. The Bertz CT molecular complexity index is 1370. The molecule has 1 unspecified atom stereocenters. The number of fused-ring (bicyclic) bond motifs is 1. The summed E-state index contributed by atoms with van der Waals surface area (Å²) in [6.45, 7) is 0.123. The molecule has 4 aromatic rings. The van der Waals surface area contributed by atoms with Gasteiger partial charge in [0.25, 0.3) is 10.0 Å². The molecule has 1 aliphatic heterocycles. The third-order valence-corrected chi connectivity index (χ3v) is 9.64. The normalized spacial score (nSPS) is 16.3. The van der Waals surface area contributed by atoms with Gasteiger partial charge in [0, 0.05) is 23.9 Å². The minimum Gasteiger partial charge on any atom is -0.458 e. The number of ether oxygens (including phenoxy) is 1. The molecule has 2 aromatic heterocycles. The van der Waals surface area contributed by atoms with Crippen molar-refractivity contribution in [1.82, 2.24) is 9.29 Å². The number of benzene rings is 2. The van der Waals surface area contributed by atoms with E-state index >= 15 is 0 Å². The largest absolute Gasteiger partial charge is 0.458 e. The molecular formula is C24H20N2O4S3. The van der Waals surface area contributed by atoms with Crippen molar-refractivity contribution < 1.29 is 17.9 Å². The third-order valence-electron chi connectivity index (χ3n) is 5.47. The second-order valence-corrected chi connectivity index (χ2v) is 11.5. The van der Waals surface area contributed by atoms with Crippen LogP contribution in [0, 0.1) is 0 Å². The quantitative estimate of drug-likeness (QED) is 0.361. The molecule has 0 saturated heterocycles. The van der Waals surface area contributed by atoms with Crippen LogP contribution in [-0.2, 0) is 39.1 Å². The lowest BCUT2D eigenvalue weighted by molar-refractivity contribution is -0.150. The second-order valence-electron chi connectivity index (χ2n) is 7.59. The fourth-order valence-corrected chi connectivity index (χ4v) is 7.29. The van der Waals surface area contributed by atoms with Crippen LogP contribution >= 0.6 is 22.7 Å². The maximum absolute atomic E-state index is 13.3. The average molecular weight is 497 g/mol. The summed E-state index contributed by atoms with van der Waals surface area (Å²) in [6, 6.07) is 19.7. The topological polar surface area (TPSA) is 76.6 Å². The molecule has 3 heterocycles. The van der Waals surface area contributed by atoms with Crippen LogP contribution in [0.2, 0.25) is 0 Å². The summed E-state index contributed by atoms with van der Waals surface area (Å²) in [7, 11) is -3.83. The van der Waals surface area contributed by atoms with Gasteiger partial charge in [-0.15, -0.1) is 22.7 Å². The highest BCUT2D eigenvalue weighted by Crippen LogP contribution is 2.31. The van der Waals surface area contributed by atoms with Gasteiger partial charge in [-0.2, -0.15) is 4.31 Å². The van der Waals surface area contributed by atoms with Gasteiger partial charge in [0.1, 0.15) is 21.9 Å². The molecule has 0 fully saturated rings. The van der Waals surface area contributed by atoms with Crippen molar-refractivity contribution in [3.05, 3.63) is 94.3 Å². The lowest BCUT2D eigenvalue weighted by atomic mass is 9.96. The number of aromatic nitrogens is 1. The first-order valence-corrected chi connectivity index (χ1v) is 13.5. The number of carbonyl (C=O) groups is 1. The summed E-state index contributed by atoms with van der Waals surface area (Å²) in [4.78, 5) is 17.7. The summed E-state index contributed by atoms with van der Waals surface area (Å²) < 4.78 is 33.7. The van der Waals surface area contributed by atoms with Crippen molar-refractivity contribution in [2.75, 3.05) is 0 Å². The molecule has 168 valence electrons. The molecule has 9 heteroatoms. The van der Waals surface area contributed by atoms with E-state index < -0.39 is 22.0 Å². The van der Waals surface area contributed by atoms with Gasteiger partial charge >= 0.3 is 5.97 Å². The molecule has 0 amide bonds. The van der Waals surface area contributed by atoms with Crippen LogP contribution in [0.15, 0.2) is 81.7 Å². The molecule has 0 saturated carbocycles. The van der Waals surface area contributed by atoms with Crippen LogP contribution in [0.25, 0.3) is 10.6 Å². The minimum absolute atomic E-state index is 0.00674. The number of esters is 1. The SMILES string of the molecule is O=C(OCc1csc(-c2ccccc2)n1)C1Cc2ccccc2CN1S(=O)(=O)c1cccs1. The number of hydrogen-bond acceptors (Lipinski definition) is 7. The van der Waals surface area contributed by atoms with Gasteiger partial charge in [-0.05, 0) is 22.6 Å². The number of hydrogen-bond donors (Lipinski definition) is 0. The van der Waals surface area contributed by atoms with Gasteiger partial charge in [-0.1, -0.05) is 60.7 Å². The minimum atomic E-state index is -3.83. The van der Waals surface area contributed by atoms with E-state index in [1.54, 1.807) is 17.5 Å². The maximum atomic E-state index is 13.3. The molecule has 0 radical (unpaired) electrons. The summed E-state index contributed by atoms with van der Waals surface area (Å²) in [5.41, 5.74) is 3.49.